The van der Waals surface area contributed by atoms with Gasteiger partial charge in [0.05, 0.1) is 23.8 Å². The maximum atomic E-state index is 9.96. The highest BCUT2D eigenvalue weighted by Crippen LogP contribution is 2.54. The zero-order chi connectivity index (χ0) is 23.1. The van der Waals surface area contributed by atoms with Gasteiger partial charge in [-0.3, -0.25) is 0 Å². The van der Waals surface area contributed by atoms with Gasteiger partial charge < -0.3 is 24.6 Å². The van der Waals surface area contributed by atoms with E-state index in [-0.39, 0.29) is 11.1 Å². The van der Waals surface area contributed by atoms with E-state index < -0.39 is 0 Å². The van der Waals surface area contributed by atoms with Gasteiger partial charge in [0.15, 0.2) is 11.5 Å². The summed E-state index contributed by atoms with van der Waals surface area (Å²) in [5.41, 5.74) is 2.07. The molecule has 7 nitrogen and oxygen atoms in total. The third-order valence-corrected chi connectivity index (χ3v) is 6.11. The molecule has 2 aromatic carbocycles. The molecule has 0 saturated heterocycles. The van der Waals surface area contributed by atoms with E-state index in [0.29, 0.717) is 30.4 Å². The van der Waals surface area contributed by atoms with Crippen molar-refractivity contribution >= 4 is 23.1 Å². The molecule has 1 aliphatic rings. The summed E-state index contributed by atoms with van der Waals surface area (Å²) in [4.78, 5) is 5.99. The van der Waals surface area contributed by atoms with Crippen LogP contribution < -0.4 is 14.8 Å². The van der Waals surface area contributed by atoms with Gasteiger partial charge in [0.25, 0.3) is 0 Å². The van der Waals surface area contributed by atoms with E-state index in [1.54, 1.807) is 0 Å². The lowest BCUT2D eigenvalue weighted by atomic mass is 10.0. The molecule has 2 aromatic rings. The van der Waals surface area contributed by atoms with Crippen LogP contribution in [0.25, 0.3) is 0 Å². The molecular formula is C24H29N5O2S. The van der Waals surface area contributed by atoms with Crippen LogP contribution in [0.5, 0.6) is 11.5 Å². The van der Waals surface area contributed by atoms with Crippen molar-refractivity contribution in [3.05, 3.63) is 35.4 Å². The highest BCUT2D eigenvalue weighted by atomic mass is 32.2. The van der Waals surface area contributed by atoms with Crippen molar-refractivity contribution in [3.8, 4) is 23.6 Å². The molecular weight excluding hydrogens is 422 g/mol. The van der Waals surface area contributed by atoms with Crippen LogP contribution >= 0.6 is 11.8 Å². The number of benzene rings is 2. The number of ether oxygens (including phenoxy) is 2. The maximum Gasteiger partial charge on any atom is 0.163 e. The lowest BCUT2D eigenvalue weighted by molar-refractivity contribution is 0.271. The van der Waals surface area contributed by atoms with Crippen molar-refractivity contribution in [1.29, 1.82) is 10.5 Å². The summed E-state index contributed by atoms with van der Waals surface area (Å²) < 4.78 is 12.2. The number of nitrogens with zero attached hydrogens (tertiary/aromatic N) is 4. The summed E-state index contributed by atoms with van der Waals surface area (Å²) in [7, 11) is 8.03. The van der Waals surface area contributed by atoms with E-state index in [2.05, 4.69) is 27.3 Å². The average Bonchev–Trinajstić information content (AvgIpc) is 2.77. The molecule has 1 aliphatic heterocycles. The lowest BCUT2D eigenvalue weighted by Gasteiger charge is -2.27. The van der Waals surface area contributed by atoms with Crippen LogP contribution in [-0.4, -0.2) is 64.3 Å². The minimum atomic E-state index is 0.214. The number of nitriles is 2. The molecule has 0 fully saturated rings. The molecule has 0 spiro atoms. The quantitative estimate of drug-likeness (QED) is 0.457. The monoisotopic (exact) mass is 451 g/mol. The van der Waals surface area contributed by atoms with Gasteiger partial charge in [-0.25, -0.2) is 0 Å². The maximum absolute atomic E-state index is 9.96. The van der Waals surface area contributed by atoms with Gasteiger partial charge in [0.2, 0.25) is 0 Å². The summed E-state index contributed by atoms with van der Waals surface area (Å²) in [6.07, 6.45) is 1.62. The van der Waals surface area contributed by atoms with Crippen LogP contribution in [0.15, 0.2) is 34.1 Å². The molecule has 3 rings (SSSR count). The van der Waals surface area contributed by atoms with Crippen molar-refractivity contribution < 1.29 is 9.47 Å². The van der Waals surface area contributed by atoms with Crippen molar-refractivity contribution in [2.75, 3.05) is 59.8 Å². The first-order valence-electron chi connectivity index (χ1n) is 10.6. The Morgan fingerprint density at radius 1 is 0.875 bits per heavy atom. The fraction of sp³-hybridized carbons (Fsp3) is 0.417. The van der Waals surface area contributed by atoms with Crippen LogP contribution in [0.4, 0.5) is 11.4 Å². The number of fused-ring (bicyclic) bond motifs is 2. The first-order valence-corrected chi connectivity index (χ1v) is 11.4. The third kappa shape index (κ3) is 5.46. The smallest absolute Gasteiger partial charge is 0.163 e. The molecule has 32 heavy (non-hydrogen) atoms. The van der Waals surface area contributed by atoms with Gasteiger partial charge in [0.1, 0.15) is 29.0 Å². The SMILES string of the molecule is CN(C)CCCOc1c(C#N)c(C#N)c(OCCCN(C)C)c2c1Nc1ccccc1S2. The number of nitrogens with one attached hydrogen (secondary N) is 1. The molecule has 1 heterocycles. The topological polar surface area (TPSA) is 84.5 Å². The van der Waals surface area contributed by atoms with E-state index in [1.807, 2.05) is 52.5 Å². The van der Waals surface area contributed by atoms with Crippen LogP contribution in [0.3, 0.4) is 0 Å². The predicted octanol–water partition coefficient (Wildman–Crippen LogP) is 4.30. The Morgan fingerprint density at radius 3 is 2.03 bits per heavy atom. The van der Waals surface area contributed by atoms with Crippen molar-refractivity contribution in [2.45, 2.75) is 22.6 Å². The second kappa shape index (κ2) is 11.1. The first kappa shape index (κ1) is 23.7. The Balaban J connectivity index is 2.02. The van der Waals surface area contributed by atoms with Crippen LogP contribution in [0.1, 0.15) is 24.0 Å². The Hall–Kier alpha value is -2.91. The zero-order valence-electron chi connectivity index (χ0n) is 19.1. The number of hydrogen-bond donors (Lipinski definition) is 1. The first-order chi connectivity index (χ1) is 15.5. The number of para-hydroxylation sites is 1. The molecule has 1 N–H and O–H groups in total. The Kier molecular flexibility index (Phi) is 8.24. The molecule has 168 valence electrons. The molecule has 8 heteroatoms. The predicted molar refractivity (Wildman–Crippen MR) is 127 cm³/mol. The molecule has 0 unspecified atom stereocenters. The van der Waals surface area contributed by atoms with Gasteiger partial charge in [-0.05, 0) is 53.2 Å². The molecule has 0 radical (unpaired) electrons. The van der Waals surface area contributed by atoms with Crippen molar-refractivity contribution in [1.82, 2.24) is 9.80 Å². The number of rotatable bonds is 10. The fourth-order valence-corrected chi connectivity index (χ4v) is 4.50. The summed E-state index contributed by atoms with van der Waals surface area (Å²) >= 11 is 1.53. The van der Waals surface area contributed by atoms with Gasteiger partial charge >= 0.3 is 0 Å². The average molecular weight is 452 g/mol. The second-order valence-corrected chi connectivity index (χ2v) is 9.12. The molecule has 0 atom stereocenters. The normalized spacial score (nSPS) is 11.9. The highest BCUT2D eigenvalue weighted by Gasteiger charge is 2.30. The van der Waals surface area contributed by atoms with Gasteiger partial charge in [-0.15, -0.1) is 0 Å². The third-order valence-electron chi connectivity index (χ3n) is 4.94. The summed E-state index contributed by atoms with van der Waals surface area (Å²) in [5, 5.41) is 23.3. The summed E-state index contributed by atoms with van der Waals surface area (Å²) in [6.45, 7) is 2.64. The fourth-order valence-electron chi connectivity index (χ4n) is 3.40. The largest absolute Gasteiger partial charge is 0.491 e. The summed E-state index contributed by atoms with van der Waals surface area (Å²) in [6, 6.07) is 12.3. The van der Waals surface area contributed by atoms with Crippen molar-refractivity contribution in [2.24, 2.45) is 0 Å². The minimum Gasteiger partial charge on any atom is -0.491 e. The van der Waals surface area contributed by atoms with Crippen molar-refractivity contribution in [3.63, 3.8) is 0 Å². The van der Waals surface area contributed by atoms with Crippen LogP contribution in [0, 0.1) is 22.7 Å². The number of hydrogen-bond acceptors (Lipinski definition) is 8. The Morgan fingerprint density at radius 2 is 1.44 bits per heavy atom. The van der Waals surface area contributed by atoms with E-state index in [9.17, 15) is 10.5 Å². The van der Waals surface area contributed by atoms with Gasteiger partial charge in [-0.1, -0.05) is 23.9 Å². The standard InChI is InChI=1S/C24H29N5O2S/c1-28(2)11-7-13-30-22-17(15-25)18(16-26)23(31-14-8-12-29(3)4)24-21(22)27-19-9-5-6-10-20(19)32-24/h5-6,9-10,27H,7-8,11-14H2,1-4H3. The molecule has 0 amide bonds. The van der Waals surface area contributed by atoms with E-state index >= 15 is 0 Å². The molecule has 0 aromatic heterocycles. The van der Waals surface area contributed by atoms with E-state index in [0.717, 1.165) is 41.4 Å². The molecule has 0 bridgehead atoms. The molecule has 0 aliphatic carbocycles. The lowest BCUT2D eigenvalue weighted by Crippen LogP contribution is -2.17. The summed E-state index contributed by atoms with van der Waals surface area (Å²) in [5.74, 6) is 0.867. The van der Waals surface area contributed by atoms with Gasteiger partial charge in [0, 0.05) is 18.0 Å². The van der Waals surface area contributed by atoms with Gasteiger partial charge in [-0.2, -0.15) is 10.5 Å². The second-order valence-electron chi connectivity index (χ2n) is 8.07. The van der Waals surface area contributed by atoms with Crippen LogP contribution in [0.2, 0.25) is 0 Å². The Labute approximate surface area is 194 Å². The van der Waals surface area contributed by atoms with E-state index in [1.165, 1.54) is 11.8 Å². The minimum absolute atomic E-state index is 0.214. The highest BCUT2D eigenvalue weighted by molar-refractivity contribution is 7.99. The molecule has 0 saturated carbocycles. The van der Waals surface area contributed by atoms with Crippen LogP contribution in [-0.2, 0) is 0 Å². The van der Waals surface area contributed by atoms with E-state index in [4.69, 9.17) is 9.47 Å². The zero-order valence-corrected chi connectivity index (χ0v) is 19.9. The number of anilines is 2. The Bertz CT molecular complexity index is 958.